The number of rotatable bonds is 6. The molecule has 0 saturated carbocycles. The first-order valence-electron chi connectivity index (χ1n) is 6.89. The maximum atomic E-state index is 4.38. The third-order valence-electron chi connectivity index (χ3n) is 3.26. The number of nitrogens with zero attached hydrogens (tertiary/aromatic N) is 1. The molecule has 0 amide bonds. The normalized spacial score (nSPS) is 12.6. The van der Waals surface area contributed by atoms with Crippen LogP contribution in [0.1, 0.15) is 41.1 Å². The standard InChI is InChI=1S/C16H22N2S/c1-4-8-17-15(16-13(3)18-11-19-16)10-14-7-5-6-12(2)9-14/h5-7,9,11,15,17H,4,8,10H2,1-3H3. The average molecular weight is 274 g/mol. The number of aromatic nitrogens is 1. The molecule has 1 aromatic carbocycles. The molecular formula is C16H22N2S. The first kappa shape index (κ1) is 14.2. The van der Waals surface area contributed by atoms with Gasteiger partial charge in [0.1, 0.15) is 0 Å². The van der Waals surface area contributed by atoms with Gasteiger partial charge in [0.25, 0.3) is 0 Å². The van der Waals surface area contributed by atoms with Gasteiger partial charge in [-0.2, -0.15) is 0 Å². The number of hydrogen-bond donors (Lipinski definition) is 1. The molecule has 1 aromatic heterocycles. The highest BCUT2D eigenvalue weighted by Crippen LogP contribution is 2.25. The van der Waals surface area contributed by atoms with Crippen molar-refractivity contribution in [2.24, 2.45) is 0 Å². The topological polar surface area (TPSA) is 24.9 Å². The molecule has 0 aliphatic carbocycles. The maximum absolute atomic E-state index is 4.38. The molecule has 0 spiro atoms. The van der Waals surface area contributed by atoms with Crippen LogP contribution in [0, 0.1) is 13.8 Å². The molecule has 1 heterocycles. The van der Waals surface area contributed by atoms with Crippen LogP contribution >= 0.6 is 11.3 Å². The summed E-state index contributed by atoms with van der Waals surface area (Å²) in [4.78, 5) is 5.75. The highest BCUT2D eigenvalue weighted by Gasteiger charge is 2.16. The first-order chi connectivity index (χ1) is 9.20. The lowest BCUT2D eigenvalue weighted by atomic mass is 10.0. The molecule has 0 bridgehead atoms. The molecule has 2 nitrogen and oxygen atoms in total. The summed E-state index contributed by atoms with van der Waals surface area (Å²) < 4.78 is 0. The van der Waals surface area contributed by atoms with Crippen LogP contribution in [0.25, 0.3) is 0 Å². The van der Waals surface area contributed by atoms with Crippen molar-refractivity contribution in [2.75, 3.05) is 6.54 Å². The van der Waals surface area contributed by atoms with E-state index in [0.29, 0.717) is 6.04 Å². The van der Waals surface area contributed by atoms with Crippen molar-refractivity contribution in [3.05, 3.63) is 51.5 Å². The van der Waals surface area contributed by atoms with Crippen LogP contribution in [0.5, 0.6) is 0 Å². The monoisotopic (exact) mass is 274 g/mol. The fourth-order valence-electron chi connectivity index (χ4n) is 2.30. The van der Waals surface area contributed by atoms with E-state index in [1.54, 1.807) is 11.3 Å². The van der Waals surface area contributed by atoms with E-state index in [4.69, 9.17) is 0 Å². The van der Waals surface area contributed by atoms with Gasteiger partial charge in [-0.25, -0.2) is 4.98 Å². The van der Waals surface area contributed by atoms with Gasteiger partial charge in [-0.05, 0) is 38.8 Å². The highest BCUT2D eigenvalue weighted by atomic mass is 32.1. The van der Waals surface area contributed by atoms with Crippen molar-refractivity contribution >= 4 is 11.3 Å². The third kappa shape index (κ3) is 3.88. The minimum Gasteiger partial charge on any atom is -0.309 e. The van der Waals surface area contributed by atoms with Crippen molar-refractivity contribution in [3.63, 3.8) is 0 Å². The van der Waals surface area contributed by atoms with Crippen molar-refractivity contribution in [2.45, 2.75) is 39.7 Å². The molecule has 0 aliphatic heterocycles. The first-order valence-corrected chi connectivity index (χ1v) is 7.77. The van der Waals surface area contributed by atoms with E-state index in [9.17, 15) is 0 Å². The van der Waals surface area contributed by atoms with Gasteiger partial charge in [-0.1, -0.05) is 36.8 Å². The van der Waals surface area contributed by atoms with Gasteiger partial charge in [0.2, 0.25) is 0 Å². The Labute approximate surface area is 119 Å². The molecule has 102 valence electrons. The summed E-state index contributed by atoms with van der Waals surface area (Å²) in [5, 5.41) is 3.65. The van der Waals surface area contributed by atoms with Crippen LogP contribution in [0.4, 0.5) is 0 Å². The molecule has 2 rings (SSSR count). The predicted octanol–water partition coefficient (Wildman–Crippen LogP) is 4.04. The highest BCUT2D eigenvalue weighted by molar-refractivity contribution is 7.09. The van der Waals surface area contributed by atoms with Crippen LogP contribution in [0.2, 0.25) is 0 Å². The molecule has 2 aromatic rings. The fourth-order valence-corrected chi connectivity index (χ4v) is 3.17. The summed E-state index contributed by atoms with van der Waals surface area (Å²) in [7, 11) is 0. The average Bonchev–Trinajstić information content (AvgIpc) is 2.81. The molecule has 0 saturated heterocycles. The van der Waals surface area contributed by atoms with E-state index in [2.05, 4.69) is 55.3 Å². The second kappa shape index (κ2) is 6.83. The second-order valence-corrected chi connectivity index (χ2v) is 5.89. The molecule has 0 radical (unpaired) electrons. The number of aryl methyl sites for hydroxylation is 2. The van der Waals surface area contributed by atoms with Crippen LogP contribution in [0.15, 0.2) is 29.8 Å². The Bertz CT molecular complexity index is 519. The van der Waals surface area contributed by atoms with E-state index < -0.39 is 0 Å². The lowest BCUT2D eigenvalue weighted by molar-refractivity contribution is 0.533. The van der Waals surface area contributed by atoms with Crippen LogP contribution in [-0.4, -0.2) is 11.5 Å². The van der Waals surface area contributed by atoms with E-state index >= 15 is 0 Å². The Kier molecular flexibility index (Phi) is 5.11. The summed E-state index contributed by atoms with van der Waals surface area (Å²) >= 11 is 1.76. The summed E-state index contributed by atoms with van der Waals surface area (Å²) in [5.74, 6) is 0. The second-order valence-electron chi connectivity index (χ2n) is 5.00. The Balaban J connectivity index is 2.16. The van der Waals surface area contributed by atoms with Gasteiger partial charge < -0.3 is 5.32 Å². The van der Waals surface area contributed by atoms with Crippen LogP contribution < -0.4 is 5.32 Å². The Morgan fingerprint density at radius 2 is 2.16 bits per heavy atom. The Morgan fingerprint density at radius 1 is 1.32 bits per heavy atom. The zero-order chi connectivity index (χ0) is 13.7. The lowest BCUT2D eigenvalue weighted by Crippen LogP contribution is -2.24. The number of thiazole rings is 1. The largest absolute Gasteiger partial charge is 0.309 e. The van der Waals surface area contributed by atoms with Crippen molar-refractivity contribution < 1.29 is 0 Å². The predicted molar refractivity (Wildman–Crippen MR) is 82.8 cm³/mol. The molecule has 1 N–H and O–H groups in total. The molecule has 1 atom stereocenters. The number of hydrogen-bond acceptors (Lipinski definition) is 3. The molecule has 0 aliphatic rings. The van der Waals surface area contributed by atoms with Gasteiger partial charge in [0.15, 0.2) is 0 Å². The van der Waals surface area contributed by atoms with Gasteiger partial charge in [-0.15, -0.1) is 11.3 Å². The fraction of sp³-hybridized carbons (Fsp3) is 0.438. The van der Waals surface area contributed by atoms with E-state index in [0.717, 1.165) is 25.1 Å². The van der Waals surface area contributed by atoms with Gasteiger partial charge in [0.05, 0.1) is 11.2 Å². The number of nitrogens with one attached hydrogen (secondary N) is 1. The summed E-state index contributed by atoms with van der Waals surface area (Å²) in [6.45, 7) is 7.50. The van der Waals surface area contributed by atoms with Gasteiger partial charge >= 0.3 is 0 Å². The van der Waals surface area contributed by atoms with Gasteiger partial charge in [-0.3, -0.25) is 0 Å². The zero-order valence-electron chi connectivity index (χ0n) is 11.9. The number of benzene rings is 1. The van der Waals surface area contributed by atoms with Crippen LogP contribution in [0.3, 0.4) is 0 Å². The van der Waals surface area contributed by atoms with Gasteiger partial charge in [0, 0.05) is 10.9 Å². The van der Waals surface area contributed by atoms with Crippen molar-refractivity contribution in [3.8, 4) is 0 Å². The molecule has 19 heavy (non-hydrogen) atoms. The summed E-state index contributed by atoms with van der Waals surface area (Å²) in [5.41, 5.74) is 5.82. The Morgan fingerprint density at radius 3 is 2.79 bits per heavy atom. The molecular weight excluding hydrogens is 252 g/mol. The third-order valence-corrected chi connectivity index (χ3v) is 4.31. The van der Waals surface area contributed by atoms with E-state index in [-0.39, 0.29) is 0 Å². The summed E-state index contributed by atoms with van der Waals surface area (Å²) in [6, 6.07) is 9.16. The van der Waals surface area contributed by atoms with Crippen molar-refractivity contribution in [1.82, 2.24) is 10.3 Å². The quantitative estimate of drug-likeness (QED) is 0.860. The smallest absolute Gasteiger partial charge is 0.0798 e. The van der Waals surface area contributed by atoms with E-state index in [1.807, 2.05) is 5.51 Å². The van der Waals surface area contributed by atoms with Crippen LogP contribution in [-0.2, 0) is 6.42 Å². The SMILES string of the molecule is CCCNC(Cc1cccc(C)c1)c1scnc1C. The zero-order valence-corrected chi connectivity index (χ0v) is 12.8. The molecule has 1 unspecified atom stereocenters. The lowest BCUT2D eigenvalue weighted by Gasteiger charge is -2.18. The van der Waals surface area contributed by atoms with E-state index in [1.165, 1.54) is 16.0 Å². The maximum Gasteiger partial charge on any atom is 0.0798 e. The minimum absolute atomic E-state index is 0.384. The summed E-state index contributed by atoms with van der Waals surface area (Å²) in [6.07, 6.45) is 2.19. The van der Waals surface area contributed by atoms with Crippen molar-refractivity contribution in [1.29, 1.82) is 0 Å². The minimum atomic E-state index is 0.384. The molecule has 3 heteroatoms. The Hall–Kier alpha value is -1.19. The molecule has 0 fully saturated rings.